The van der Waals surface area contributed by atoms with E-state index in [1.807, 2.05) is 55.6 Å². The van der Waals surface area contributed by atoms with Crippen LogP contribution >= 0.6 is 23.1 Å². The van der Waals surface area contributed by atoms with E-state index in [4.69, 9.17) is 9.84 Å². The van der Waals surface area contributed by atoms with E-state index in [1.165, 1.54) is 11.8 Å². The topological polar surface area (TPSA) is 105 Å². The molecule has 0 spiro atoms. The molecule has 1 N–H and O–H groups in total. The maximum atomic E-state index is 13.4. The number of hydrogen-bond donors (Lipinski definition) is 1. The minimum atomic E-state index is -0.226. The monoisotopic (exact) mass is 508 g/mol. The maximum Gasteiger partial charge on any atom is 0.253 e. The Labute approximate surface area is 209 Å². The molecule has 0 aliphatic carbocycles. The molecule has 0 saturated carbocycles. The van der Waals surface area contributed by atoms with E-state index in [0.717, 1.165) is 27.6 Å². The summed E-state index contributed by atoms with van der Waals surface area (Å²) < 4.78 is 7.09. The summed E-state index contributed by atoms with van der Waals surface area (Å²) in [4.78, 5) is 29.2. The molecule has 5 rings (SSSR count). The first-order valence-corrected chi connectivity index (χ1v) is 13.0. The van der Waals surface area contributed by atoms with Gasteiger partial charge in [-0.3, -0.25) is 19.0 Å². The Balaban J connectivity index is 1.41. The van der Waals surface area contributed by atoms with E-state index in [1.54, 1.807) is 33.9 Å². The fraction of sp³-hybridized carbons (Fsp3) is 0.292. The second-order valence-corrected chi connectivity index (χ2v) is 10.3. The Kier molecular flexibility index (Phi) is 6.44. The predicted molar refractivity (Wildman–Crippen MR) is 136 cm³/mol. The lowest BCUT2D eigenvalue weighted by Gasteiger charge is -2.22. The first kappa shape index (κ1) is 23.3. The summed E-state index contributed by atoms with van der Waals surface area (Å²) in [7, 11) is 1.63. The van der Waals surface area contributed by atoms with Crippen LogP contribution in [-0.2, 0) is 4.79 Å². The van der Waals surface area contributed by atoms with Gasteiger partial charge in [0.05, 0.1) is 29.5 Å². The second-order valence-electron chi connectivity index (χ2n) is 8.40. The molecule has 0 fully saturated rings. The molecule has 4 aromatic rings. The highest BCUT2D eigenvalue weighted by atomic mass is 32.2. The minimum Gasteiger partial charge on any atom is -0.497 e. The van der Waals surface area contributed by atoms with Crippen LogP contribution in [-0.4, -0.2) is 49.1 Å². The molecule has 0 bridgehead atoms. The number of rotatable bonds is 7. The molecular formula is C24H24N6O3S2. The lowest BCUT2D eigenvalue weighted by molar-refractivity contribution is -0.130. The third kappa shape index (κ3) is 4.61. The summed E-state index contributed by atoms with van der Waals surface area (Å²) in [5, 5.41) is 17.2. The van der Waals surface area contributed by atoms with Crippen molar-refractivity contribution >= 4 is 40.5 Å². The van der Waals surface area contributed by atoms with Crippen molar-refractivity contribution in [2.75, 3.05) is 12.9 Å². The van der Waals surface area contributed by atoms with Crippen LogP contribution in [0, 0.1) is 0 Å². The first-order valence-electron chi connectivity index (χ1n) is 11.1. The van der Waals surface area contributed by atoms with Gasteiger partial charge in [-0.05, 0) is 35.1 Å². The quantitative estimate of drug-likeness (QED) is 0.377. The van der Waals surface area contributed by atoms with Crippen LogP contribution in [0.3, 0.4) is 0 Å². The zero-order valence-corrected chi connectivity index (χ0v) is 21.1. The number of nitrogens with zero attached hydrogens (tertiary/aromatic N) is 5. The van der Waals surface area contributed by atoms with Crippen LogP contribution in [0.1, 0.15) is 48.4 Å². The van der Waals surface area contributed by atoms with Crippen molar-refractivity contribution in [3.05, 3.63) is 74.3 Å². The number of ether oxygens (including phenoxy) is 1. The van der Waals surface area contributed by atoms with E-state index in [-0.39, 0.29) is 29.2 Å². The summed E-state index contributed by atoms with van der Waals surface area (Å²) >= 11 is 2.89. The van der Waals surface area contributed by atoms with Crippen molar-refractivity contribution < 1.29 is 9.53 Å². The first-order chi connectivity index (χ1) is 16.9. The minimum absolute atomic E-state index is 0.0850. The predicted octanol–water partition coefficient (Wildman–Crippen LogP) is 4.08. The van der Waals surface area contributed by atoms with Gasteiger partial charge in [0.1, 0.15) is 5.75 Å². The molecule has 1 amide bonds. The smallest absolute Gasteiger partial charge is 0.253 e. The maximum absolute atomic E-state index is 13.4. The number of carbonyl (C=O) groups excluding carboxylic acids is 1. The van der Waals surface area contributed by atoms with Gasteiger partial charge in [-0.25, -0.2) is 5.01 Å². The number of benzene rings is 1. The van der Waals surface area contributed by atoms with E-state index in [0.29, 0.717) is 17.4 Å². The van der Waals surface area contributed by atoms with E-state index < -0.39 is 0 Å². The number of aromatic nitrogens is 4. The molecule has 1 unspecified atom stereocenters. The molecule has 1 aliphatic heterocycles. The molecule has 3 aromatic heterocycles. The summed E-state index contributed by atoms with van der Waals surface area (Å²) in [6.07, 6.45) is 0.635. The number of H-pyrrole nitrogens is 1. The van der Waals surface area contributed by atoms with Gasteiger partial charge in [-0.1, -0.05) is 43.8 Å². The Morgan fingerprint density at radius 1 is 1.26 bits per heavy atom. The van der Waals surface area contributed by atoms with Crippen LogP contribution < -0.4 is 10.3 Å². The summed E-state index contributed by atoms with van der Waals surface area (Å²) in [5.41, 5.74) is 2.45. The van der Waals surface area contributed by atoms with Crippen molar-refractivity contribution in [2.45, 2.75) is 37.4 Å². The molecule has 180 valence electrons. The van der Waals surface area contributed by atoms with Crippen LogP contribution in [0.15, 0.2) is 62.9 Å². The lowest BCUT2D eigenvalue weighted by Crippen LogP contribution is -2.28. The number of nitrogens with one attached hydrogen (secondary N) is 1. The normalized spacial score (nSPS) is 15.7. The van der Waals surface area contributed by atoms with Crippen LogP contribution in [0.4, 0.5) is 0 Å². The van der Waals surface area contributed by atoms with Gasteiger partial charge in [0.2, 0.25) is 5.78 Å². The van der Waals surface area contributed by atoms with Crippen molar-refractivity contribution in [1.29, 1.82) is 0 Å². The molecular weight excluding hydrogens is 484 g/mol. The third-order valence-electron chi connectivity index (χ3n) is 5.79. The number of amides is 1. The molecule has 0 saturated heterocycles. The van der Waals surface area contributed by atoms with Gasteiger partial charge < -0.3 is 4.74 Å². The van der Waals surface area contributed by atoms with E-state index in [2.05, 4.69) is 15.2 Å². The lowest BCUT2D eigenvalue weighted by atomic mass is 10.0. The third-order valence-corrected chi connectivity index (χ3v) is 7.63. The Morgan fingerprint density at radius 2 is 2.06 bits per heavy atom. The van der Waals surface area contributed by atoms with Crippen molar-refractivity contribution in [3.8, 4) is 5.75 Å². The van der Waals surface area contributed by atoms with Crippen molar-refractivity contribution in [1.82, 2.24) is 24.6 Å². The van der Waals surface area contributed by atoms with Gasteiger partial charge in [0, 0.05) is 18.2 Å². The SMILES string of the molecule is COc1ccc(C2CC(c3cccs3)=NN2C(=O)CSc2nnc3[nH]c(=O)cc(C(C)C)n23)cc1. The van der Waals surface area contributed by atoms with Gasteiger partial charge in [0.25, 0.3) is 11.5 Å². The molecule has 0 radical (unpaired) electrons. The van der Waals surface area contributed by atoms with Crippen LogP contribution in [0.2, 0.25) is 0 Å². The van der Waals surface area contributed by atoms with E-state index >= 15 is 0 Å². The molecule has 1 aromatic carbocycles. The summed E-state index contributed by atoms with van der Waals surface area (Å²) in [5.74, 6) is 1.21. The fourth-order valence-electron chi connectivity index (χ4n) is 4.06. The van der Waals surface area contributed by atoms with E-state index in [9.17, 15) is 9.59 Å². The van der Waals surface area contributed by atoms with Gasteiger partial charge in [0.15, 0.2) is 5.16 Å². The Bertz CT molecular complexity index is 1440. The highest BCUT2D eigenvalue weighted by molar-refractivity contribution is 7.99. The Morgan fingerprint density at radius 3 is 2.74 bits per heavy atom. The molecule has 1 atom stereocenters. The van der Waals surface area contributed by atoms with Crippen molar-refractivity contribution in [2.24, 2.45) is 5.10 Å². The highest BCUT2D eigenvalue weighted by Gasteiger charge is 2.33. The van der Waals surface area contributed by atoms with Gasteiger partial charge in [-0.2, -0.15) is 5.10 Å². The van der Waals surface area contributed by atoms with Crippen molar-refractivity contribution in [3.63, 3.8) is 0 Å². The number of hydrazone groups is 1. The number of fused-ring (bicyclic) bond motifs is 1. The van der Waals surface area contributed by atoms with Crippen LogP contribution in [0.25, 0.3) is 5.78 Å². The van der Waals surface area contributed by atoms with Crippen LogP contribution in [0.5, 0.6) is 5.75 Å². The fourth-order valence-corrected chi connectivity index (χ4v) is 5.58. The number of thioether (sulfide) groups is 1. The molecule has 1 aliphatic rings. The number of hydrogen-bond acceptors (Lipinski definition) is 8. The van der Waals surface area contributed by atoms with Gasteiger partial charge >= 0.3 is 0 Å². The Hall–Kier alpha value is -3.44. The average Bonchev–Trinajstić information content (AvgIpc) is 3.61. The molecule has 11 heteroatoms. The number of methoxy groups -OCH3 is 1. The summed E-state index contributed by atoms with van der Waals surface area (Å²) in [6.45, 7) is 4.00. The molecule has 4 heterocycles. The summed E-state index contributed by atoms with van der Waals surface area (Å²) in [6, 6.07) is 13.1. The number of thiophene rings is 1. The van der Waals surface area contributed by atoms with Gasteiger partial charge in [-0.15, -0.1) is 21.5 Å². The largest absolute Gasteiger partial charge is 0.497 e. The number of carbonyl (C=O) groups is 1. The standard InChI is InChI=1S/C24H24N6O3S2/c1-14(2)18-12-21(31)25-23-26-27-24(29(18)23)35-13-22(32)30-19(15-6-8-16(33-3)9-7-15)11-17(28-30)20-5-4-10-34-20/h4-10,12,14,19H,11,13H2,1-3H3,(H,25,26,31). The highest BCUT2D eigenvalue weighted by Crippen LogP contribution is 2.35. The average molecular weight is 509 g/mol. The molecule has 35 heavy (non-hydrogen) atoms. The second kappa shape index (κ2) is 9.67. The zero-order chi connectivity index (χ0) is 24.5. The zero-order valence-electron chi connectivity index (χ0n) is 19.5. The molecule has 9 nitrogen and oxygen atoms in total. The number of aromatic amines is 1.